The van der Waals surface area contributed by atoms with Gasteiger partial charge in [-0.25, -0.2) is 4.79 Å². The van der Waals surface area contributed by atoms with Gasteiger partial charge < -0.3 is 14.6 Å². The summed E-state index contributed by atoms with van der Waals surface area (Å²) in [6.45, 7) is 0.713. The molecule has 9 nitrogen and oxygen atoms in total. The molecule has 0 spiro atoms. The number of nitrogens with zero attached hydrogens (tertiary/aromatic N) is 2. The fourth-order valence-electron chi connectivity index (χ4n) is 2.05. The Morgan fingerprint density at radius 2 is 2.43 bits per heavy atom. The van der Waals surface area contributed by atoms with Crippen molar-refractivity contribution < 1.29 is 19.4 Å². The summed E-state index contributed by atoms with van der Waals surface area (Å²) in [6, 6.07) is 2.90. The van der Waals surface area contributed by atoms with Crippen molar-refractivity contribution in [2.45, 2.75) is 31.3 Å². The number of nitrogens with one attached hydrogen (secondary N) is 1. The van der Waals surface area contributed by atoms with Gasteiger partial charge in [-0.1, -0.05) is 0 Å². The number of rotatable bonds is 3. The van der Waals surface area contributed by atoms with E-state index in [1.807, 2.05) is 4.98 Å². The lowest BCUT2D eigenvalue weighted by molar-refractivity contribution is -0.154. The van der Waals surface area contributed by atoms with Crippen LogP contribution in [0.15, 0.2) is 21.9 Å². The van der Waals surface area contributed by atoms with Gasteiger partial charge in [-0.15, -0.1) is 0 Å². The minimum Gasteiger partial charge on any atom is -0.462 e. The number of esters is 1. The van der Waals surface area contributed by atoms with Gasteiger partial charge in [-0.3, -0.25) is 19.1 Å². The van der Waals surface area contributed by atoms with Gasteiger partial charge in [-0.05, 0) is 0 Å². The number of H-pyrrole nitrogens is 1. The van der Waals surface area contributed by atoms with Crippen LogP contribution in [-0.4, -0.2) is 38.9 Å². The highest BCUT2D eigenvalue weighted by Gasteiger charge is 2.50. The number of aliphatic hydroxyl groups excluding tert-OH is 1. The lowest BCUT2D eigenvalue weighted by atomic mass is 10.00. The van der Waals surface area contributed by atoms with Crippen molar-refractivity contribution in [3.8, 4) is 6.07 Å². The van der Waals surface area contributed by atoms with Crippen LogP contribution in [-0.2, 0) is 14.3 Å². The Morgan fingerprint density at radius 1 is 1.71 bits per heavy atom. The smallest absolute Gasteiger partial charge is 0.330 e. The Bertz CT molecular complexity index is 702. The number of carbonyl (C=O) groups excluding carboxylic acids is 1. The van der Waals surface area contributed by atoms with Crippen molar-refractivity contribution in [2.75, 3.05) is 6.61 Å². The number of aromatic nitrogens is 2. The Labute approximate surface area is 118 Å². The van der Waals surface area contributed by atoms with E-state index < -0.39 is 41.8 Å². The van der Waals surface area contributed by atoms with Crippen molar-refractivity contribution in [1.29, 1.82) is 5.26 Å². The normalized spacial score (nSPS) is 28.0. The zero-order chi connectivity index (χ0) is 15.6. The molecule has 21 heavy (non-hydrogen) atoms. The molecule has 9 heteroatoms. The van der Waals surface area contributed by atoms with E-state index in [-0.39, 0.29) is 6.42 Å². The molecule has 1 saturated heterocycles. The van der Waals surface area contributed by atoms with Gasteiger partial charge in [0.25, 0.3) is 5.56 Å². The highest BCUT2D eigenvalue weighted by molar-refractivity contribution is 5.66. The zero-order valence-electron chi connectivity index (χ0n) is 11.1. The summed E-state index contributed by atoms with van der Waals surface area (Å²) in [6.07, 6.45) is -1.04. The van der Waals surface area contributed by atoms with Crippen molar-refractivity contribution in [3.05, 3.63) is 33.1 Å². The summed E-state index contributed by atoms with van der Waals surface area (Å²) in [7, 11) is 0. The van der Waals surface area contributed by atoms with Crippen molar-refractivity contribution in [1.82, 2.24) is 9.55 Å². The summed E-state index contributed by atoms with van der Waals surface area (Å²) in [5, 5.41) is 19.2. The number of carbonyl (C=O) groups is 1. The van der Waals surface area contributed by atoms with E-state index in [4.69, 9.17) is 9.47 Å². The largest absolute Gasteiger partial charge is 0.462 e. The Balaban J connectivity index is 2.27. The van der Waals surface area contributed by atoms with Gasteiger partial charge >= 0.3 is 11.7 Å². The van der Waals surface area contributed by atoms with E-state index in [1.165, 1.54) is 6.20 Å². The maximum Gasteiger partial charge on any atom is 0.330 e. The third-order valence-corrected chi connectivity index (χ3v) is 3.15. The molecule has 0 amide bonds. The fourth-order valence-corrected chi connectivity index (χ4v) is 2.05. The number of aliphatic hydroxyl groups is 1. The van der Waals surface area contributed by atoms with Gasteiger partial charge in [-0.2, -0.15) is 5.26 Å². The minimum absolute atomic E-state index is 0.0548. The van der Waals surface area contributed by atoms with Gasteiger partial charge in [0.15, 0.2) is 0 Å². The number of hydrogen-bond acceptors (Lipinski definition) is 7. The topological polar surface area (TPSA) is 134 Å². The Morgan fingerprint density at radius 3 is 3.00 bits per heavy atom. The first-order valence-electron chi connectivity index (χ1n) is 6.10. The molecule has 2 heterocycles. The van der Waals surface area contributed by atoms with Crippen LogP contribution in [0.5, 0.6) is 0 Å². The van der Waals surface area contributed by atoms with E-state index in [0.717, 1.165) is 17.6 Å². The van der Waals surface area contributed by atoms with E-state index >= 15 is 0 Å². The monoisotopic (exact) mass is 295 g/mol. The summed E-state index contributed by atoms with van der Waals surface area (Å²) < 4.78 is 11.2. The van der Waals surface area contributed by atoms with Gasteiger partial charge in [0.05, 0.1) is 0 Å². The minimum atomic E-state index is -1.74. The fraction of sp³-hybridized carbons (Fsp3) is 0.500. The van der Waals surface area contributed by atoms with Crippen LogP contribution >= 0.6 is 0 Å². The maximum absolute atomic E-state index is 11.7. The molecule has 0 unspecified atom stereocenters. The second kappa shape index (κ2) is 5.51. The molecule has 1 aromatic heterocycles. The molecule has 112 valence electrons. The summed E-state index contributed by atoms with van der Waals surface area (Å²) in [5.41, 5.74) is -3.03. The van der Waals surface area contributed by atoms with Crippen molar-refractivity contribution in [2.24, 2.45) is 0 Å². The highest BCUT2D eigenvalue weighted by Crippen LogP contribution is 2.36. The summed E-state index contributed by atoms with van der Waals surface area (Å²) in [5.74, 6) is -0.620. The number of aromatic amines is 1. The van der Waals surface area contributed by atoms with E-state index in [1.54, 1.807) is 6.07 Å². The van der Waals surface area contributed by atoms with Crippen LogP contribution in [0.25, 0.3) is 0 Å². The quantitative estimate of drug-likeness (QED) is 0.658. The molecule has 0 bridgehead atoms. The molecular weight excluding hydrogens is 282 g/mol. The SMILES string of the molecule is CC(=O)OC[C@@]1(C#N)O[C@@H](n2ccc(=O)[nH]c2=O)C[C@@H]1O. The third kappa shape index (κ3) is 2.86. The second-order valence-electron chi connectivity index (χ2n) is 4.62. The van der Waals surface area contributed by atoms with Crippen molar-refractivity contribution >= 4 is 5.97 Å². The van der Waals surface area contributed by atoms with Crippen LogP contribution in [0.2, 0.25) is 0 Å². The summed E-state index contributed by atoms with van der Waals surface area (Å²) in [4.78, 5) is 35.6. The molecule has 0 aliphatic carbocycles. The van der Waals surface area contributed by atoms with Crippen LogP contribution in [0.3, 0.4) is 0 Å². The first-order valence-corrected chi connectivity index (χ1v) is 6.10. The molecular formula is C12H13N3O6. The molecule has 1 aromatic rings. The standard InChI is InChI=1S/C12H13N3O6/c1-7(16)20-6-12(5-13)8(17)4-10(21-12)15-3-2-9(18)14-11(15)19/h2-3,8,10,17H,4,6H2,1H3,(H,14,18,19)/t8-,10+,12+/m0/s1. The molecule has 2 rings (SSSR count). The highest BCUT2D eigenvalue weighted by atomic mass is 16.6. The van der Waals surface area contributed by atoms with E-state index in [9.17, 15) is 24.8 Å². The number of hydrogen-bond donors (Lipinski definition) is 2. The average molecular weight is 295 g/mol. The zero-order valence-corrected chi connectivity index (χ0v) is 11.1. The second-order valence-corrected chi connectivity index (χ2v) is 4.62. The first-order chi connectivity index (χ1) is 9.88. The number of nitriles is 1. The van der Waals surface area contributed by atoms with Crippen LogP contribution < -0.4 is 11.2 Å². The molecule has 2 N–H and O–H groups in total. The Hall–Kier alpha value is -2.44. The first kappa shape index (κ1) is 15.0. The third-order valence-electron chi connectivity index (χ3n) is 3.15. The van der Waals surface area contributed by atoms with Crippen molar-refractivity contribution in [3.63, 3.8) is 0 Å². The molecule has 1 fully saturated rings. The predicted octanol–water partition coefficient (Wildman–Crippen LogP) is -1.36. The maximum atomic E-state index is 11.7. The van der Waals surface area contributed by atoms with Gasteiger partial charge in [0.2, 0.25) is 5.60 Å². The average Bonchev–Trinajstić information content (AvgIpc) is 2.74. The molecule has 0 saturated carbocycles. The lowest BCUT2D eigenvalue weighted by Crippen LogP contribution is -2.43. The lowest BCUT2D eigenvalue weighted by Gasteiger charge is -2.23. The van der Waals surface area contributed by atoms with Crippen LogP contribution in [0.1, 0.15) is 19.6 Å². The van der Waals surface area contributed by atoms with Crippen LogP contribution in [0.4, 0.5) is 0 Å². The van der Waals surface area contributed by atoms with Gasteiger partial charge in [0, 0.05) is 25.6 Å². The molecule has 1 aliphatic rings. The summed E-state index contributed by atoms with van der Waals surface area (Å²) >= 11 is 0. The number of ether oxygens (including phenoxy) is 2. The molecule has 0 aromatic carbocycles. The van der Waals surface area contributed by atoms with Gasteiger partial charge in [0.1, 0.15) is 25.0 Å². The van der Waals surface area contributed by atoms with E-state index in [0.29, 0.717) is 0 Å². The predicted molar refractivity (Wildman–Crippen MR) is 67.0 cm³/mol. The molecule has 3 atom stereocenters. The molecule has 1 aliphatic heterocycles. The Kier molecular flexibility index (Phi) is 3.93. The van der Waals surface area contributed by atoms with Crippen LogP contribution in [0, 0.1) is 11.3 Å². The molecule has 0 radical (unpaired) electrons. The van der Waals surface area contributed by atoms with E-state index in [2.05, 4.69) is 0 Å².